The zero-order valence-corrected chi connectivity index (χ0v) is 20.9. The predicted molar refractivity (Wildman–Crippen MR) is 144 cm³/mol. The Morgan fingerprint density at radius 1 is 1.00 bits per heavy atom. The maximum atomic E-state index is 12.4. The molecule has 3 heterocycles. The zero-order valence-electron chi connectivity index (χ0n) is 20.1. The van der Waals surface area contributed by atoms with Crippen molar-refractivity contribution < 1.29 is 4.79 Å². The van der Waals surface area contributed by atoms with Crippen LogP contribution in [0.1, 0.15) is 56.2 Å². The fourth-order valence-corrected chi connectivity index (χ4v) is 5.68. The van der Waals surface area contributed by atoms with Crippen molar-refractivity contribution in [2.45, 2.75) is 63.8 Å². The summed E-state index contributed by atoms with van der Waals surface area (Å²) in [7, 11) is 0. The maximum Gasteiger partial charge on any atom is 0.228 e. The fraction of sp³-hybridized carbons (Fsp3) is 0.464. The van der Waals surface area contributed by atoms with Crippen LogP contribution >= 0.6 is 12.4 Å². The number of aromatic nitrogens is 2. The molecule has 1 saturated heterocycles. The molecule has 6 rings (SSSR count). The smallest absolute Gasteiger partial charge is 0.228 e. The molecule has 3 aromatic rings. The number of nitrogens with two attached hydrogens (primary N) is 1. The van der Waals surface area contributed by atoms with Crippen LogP contribution in [0.25, 0.3) is 22.0 Å². The lowest BCUT2D eigenvalue weighted by Crippen LogP contribution is -2.28. The second-order valence-corrected chi connectivity index (χ2v) is 10.2. The van der Waals surface area contributed by atoms with Crippen LogP contribution < -0.4 is 16.0 Å². The Balaban J connectivity index is 0.00000253. The molecular formula is C28H34ClN5O. The summed E-state index contributed by atoms with van der Waals surface area (Å²) < 4.78 is 0. The highest BCUT2D eigenvalue weighted by molar-refractivity contribution is 5.97. The number of pyridine rings is 2. The fourth-order valence-electron chi connectivity index (χ4n) is 5.68. The molecule has 184 valence electrons. The van der Waals surface area contributed by atoms with Crippen molar-refractivity contribution in [2.24, 2.45) is 11.7 Å². The highest BCUT2D eigenvalue weighted by Crippen LogP contribution is 2.39. The lowest BCUT2D eigenvalue weighted by molar-refractivity contribution is -0.122. The number of nitrogens with one attached hydrogen (secondary N) is 1. The number of aryl methyl sites for hydroxylation is 1. The van der Waals surface area contributed by atoms with Gasteiger partial charge in [-0.3, -0.25) is 9.78 Å². The number of hydrogen-bond donors (Lipinski definition) is 2. The van der Waals surface area contributed by atoms with E-state index in [4.69, 9.17) is 10.7 Å². The highest BCUT2D eigenvalue weighted by Gasteiger charge is 2.27. The van der Waals surface area contributed by atoms with E-state index in [1.54, 1.807) is 6.20 Å². The third kappa shape index (κ3) is 4.74. The van der Waals surface area contributed by atoms with Gasteiger partial charge in [0.05, 0.1) is 11.2 Å². The molecule has 7 heteroatoms. The molecule has 2 aromatic heterocycles. The first-order valence-corrected chi connectivity index (χ1v) is 12.9. The van der Waals surface area contributed by atoms with Crippen molar-refractivity contribution >= 4 is 40.7 Å². The van der Waals surface area contributed by atoms with E-state index in [1.807, 2.05) is 12.1 Å². The Labute approximate surface area is 213 Å². The Kier molecular flexibility index (Phi) is 6.94. The van der Waals surface area contributed by atoms with E-state index in [-0.39, 0.29) is 30.3 Å². The number of carbonyl (C=O) groups excluding carboxylic acids is 1. The van der Waals surface area contributed by atoms with Gasteiger partial charge in [-0.05, 0) is 85.9 Å². The Hall–Kier alpha value is -2.70. The van der Waals surface area contributed by atoms with E-state index in [0.717, 1.165) is 68.3 Å². The molecule has 35 heavy (non-hydrogen) atoms. The zero-order chi connectivity index (χ0) is 23.1. The van der Waals surface area contributed by atoms with Crippen molar-refractivity contribution in [1.29, 1.82) is 0 Å². The van der Waals surface area contributed by atoms with Gasteiger partial charge in [-0.15, -0.1) is 12.4 Å². The number of rotatable bonds is 4. The third-order valence-corrected chi connectivity index (χ3v) is 7.84. The molecule has 1 aliphatic heterocycles. The van der Waals surface area contributed by atoms with Crippen molar-refractivity contribution in [2.75, 3.05) is 23.3 Å². The summed E-state index contributed by atoms with van der Waals surface area (Å²) in [6, 6.07) is 10.8. The van der Waals surface area contributed by atoms with Gasteiger partial charge in [0.2, 0.25) is 5.91 Å². The minimum Gasteiger partial charge on any atom is -0.369 e. The van der Waals surface area contributed by atoms with Gasteiger partial charge in [0.15, 0.2) is 0 Å². The molecule has 3 aliphatic rings. The van der Waals surface area contributed by atoms with Crippen LogP contribution in [-0.4, -0.2) is 35.0 Å². The van der Waals surface area contributed by atoms with Crippen LogP contribution in [-0.2, 0) is 17.6 Å². The van der Waals surface area contributed by atoms with Crippen molar-refractivity contribution in [3.8, 4) is 11.1 Å². The minimum atomic E-state index is 0. The van der Waals surface area contributed by atoms with Gasteiger partial charge in [-0.25, -0.2) is 4.98 Å². The van der Waals surface area contributed by atoms with Crippen molar-refractivity contribution in [3.63, 3.8) is 0 Å². The number of fused-ring (bicyclic) bond motifs is 2. The number of amides is 1. The highest BCUT2D eigenvalue weighted by atomic mass is 35.5. The molecule has 3 N–H and O–H groups in total. The topological polar surface area (TPSA) is 84.1 Å². The van der Waals surface area contributed by atoms with Crippen LogP contribution in [0.4, 0.5) is 11.5 Å². The first-order valence-electron chi connectivity index (χ1n) is 12.9. The van der Waals surface area contributed by atoms with Crippen LogP contribution in [0.2, 0.25) is 0 Å². The third-order valence-electron chi connectivity index (χ3n) is 7.84. The largest absolute Gasteiger partial charge is 0.369 e. The molecular weight excluding hydrogens is 458 g/mol. The average molecular weight is 492 g/mol. The SMILES string of the molecule is Cl.N[C@H]1CCN(c2c3c(nc4ccc(-c5ccnc(NC(=O)C6CCC6)c5)cc24)CCCCC3)C1. The van der Waals surface area contributed by atoms with E-state index in [2.05, 4.69) is 33.4 Å². The quantitative estimate of drug-likeness (QED) is 0.486. The summed E-state index contributed by atoms with van der Waals surface area (Å²) >= 11 is 0. The summed E-state index contributed by atoms with van der Waals surface area (Å²) in [5.74, 6) is 0.858. The number of carbonyl (C=O) groups is 1. The van der Waals surface area contributed by atoms with Gasteiger partial charge in [-0.2, -0.15) is 0 Å². The molecule has 1 saturated carbocycles. The van der Waals surface area contributed by atoms with Gasteiger partial charge in [-0.1, -0.05) is 18.9 Å². The van der Waals surface area contributed by atoms with E-state index < -0.39 is 0 Å². The molecule has 6 nitrogen and oxygen atoms in total. The monoisotopic (exact) mass is 491 g/mol. The van der Waals surface area contributed by atoms with E-state index in [1.165, 1.54) is 41.6 Å². The summed E-state index contributed by atoms with van der Waals surface area (Å²) in [6.07, 6.45) is 11.8. The Morgan fingerprint density at radius 3 is 2.60 bits per heavy atom. The number of benzene rings is 1. The standard InChI is InChI=1S/C28H33N5O.ClH/c29-21-12-14-33(17-21)27-22-7-2-1-3-8-24(22)31-25-10-9-19(15-23(25)27)20-11-13-30-26(16-20)32-28(34)18-5-4-6-18;/h9-11,13,15-16,18,21H,1-8,12,14,17,29H2,(H,30,32,34);1H/t21-;/m0./s1. The lowest BCUT2D eigenvalue weighted by atomic mass is 9.85. The van der Waals surface area contributed by atoms with Crippen LogP contribution in [0.15, 0.2) is 36.5 Å². The molecule has 2 aliphatic carbocycles. The molecule has 0 unspecified atom stereocenters. The van der Waals surface area contributed by atoms with E-state index in [0.29, 0.717) is 5.82 Å². The average Bonchev–Trinajstić information content (AvgIpc) is 3.08. The molecule has 0 radical (unpaired) electrons. The van der Waals surface area contributed by atoms with Crippen LogP contribution in [0.5, 0.6) is 0 Å². The number of anilines is 2. The molecule has 0 spiro atoms. The summed E-state index contributed by atoms with van der Waals surface area (Å²) in [4.78, 5) is 24.4. The normalized spacial score (nSPS) is 20.0. The summed E-state index contributed by atoms with van der Waals surface area (Å²) in [5, 5.41) is 4.23. The number of nitrogens with zero attached hydrogens (tertiary/aromatic N) is 3. The van der Waals surface area contributed by atoms with Crippen LogP contribution in [0.3, 0.4) is 0 Å². The van der Waals surface area contributed by atoms with E-state index in [9.17, 15) is 4.79 Å². The van der Waals surface area contributed by atoms with Gasteiger partial charge < -0.3 is 16.0 Å². The first kappa shape index (κ1) is 24.0. The maximum absolute atomic E-state index is 12.4. The molecule has 1 atom stereocenters. The first-order chi connectivity index (χ1) is 16.7. The predicted octanol–water partition coefficient (Wildman–Crippen LogP) is 5.26. The van der Waals surface area contributed by atoms with Crippen LogP contribution in [0, 0.1) is 5.92 Å². The lowest BCUT2D eigenvalue weighted by Gasteiger charge is -2.25. The molecule has 2 fully saturated rings. The molecule has 0 bridgehead atoms. The van der Waals surface area contributed by atoms with Gasteiger partial charge in [0.1, 0.15) is 5.82 Å². The summed E-state index contributed by atoms with van der Waals surface area (Å²) in [5.41, 5.74) is 13.6. The van der Waals surface area contributed by atoms with E-state index >= 15 is 0 Å². The Bertz CT molecular complexity index is 1240. The second kappa shape index (κ2) is 10.1. The van der Waals surface area contributed by atoms with Crippen molar-refractivity contribution in [3.05, 3.63) is 47.8 Å². The summed E-state index contributed by atoms with van der Waals surface area (Å²) in [6.45, 7) is 1.91. The number of hydrogen-bond acceptors (Lipinski definition) is 5. The Morgan fingerprint density at radius 2 is 1.83 bits per heavy atom. The molecule has 1 aromatic carbocycles. The van der Waals surface area contributed by atoms with Gasteiger partial charge in [0, 0.05) is 42.3 Å². The van der Waals surface area contributed by atoms with Crippen molar-refractivity contribution in [1.82, 2.24) is 9.97 Å². The second-order valence-electron chi connectivity index (χ2n) is 10.2. The van der Waals surface area contributed by atoms with Gasteiger partial charge >= 0.3 is 0 Å². The number of halogens is 1. The minimum absolute atomic E-state index is 0. The van der Waals surface area contributed by atoms with Gasteiger partial charge in [0.25, 0.3) is 0 Å². The molecule has 1 amide bonds.